The molecule has 2 aromatic rings. The van der Waals surface area contributed by atoms with Gasteiger partial charge in [0, 0.05) is 24.9 Å². The van der Waals surface area contributed by atoms with Gasteiger partial charge in [-0.15, -0.1) is 0 Å². The molecule has 0 bridgehead atoms. The third-order valence-corrected chi connectivity index (χ3v) is 1.69. The Morgan fingerprint density at radius 3 is 3.17 bits per heavy atom. The van der Waals surface area contributed by atoms with E-state index in [-0.39, 0.29) is 0 Å². The molecule has 2 aromatic heterocycles. The van der Waals surface area contributed by atoms with Crippen molar-refractivity contribution in [3.8, 4) is 0 Å². The van der Waals surface area contributed by atoms with Crippen LogP contribution in [-0.2, 0) is 6.42 Å². The van der Waals surface area contributed by atoms with Crippen LogP contribution in [0, 0.1) is 0 Å². The molecule has 0 spiro atoms. The fourth-order valence-corrected chi connectivity index (χ4v) is 1.15. The molecule has 4 heteroatoms. The van der Waals surface area contributed by atoms with Crippen LogP contribution in [0.1, 0.15) is 5.69 Å². The van der Waals surface area contributed by atoms with Crippen molar-refractivity contribution in [2.75, 3.05) is 6.54 Å². The minimum atomic E-state index is 0.629. The first-order valence-corrected chi connectivity index (χ1v) is 3.89. The molecule has 0 aliphatic carbocycles. The number of aromatic nitrogens is 3. The van der Waals surface area contributed by atoms with E-state index in [1.165, 1.54) is 0 Å². The van der Waals surface area contributed by atoms with Gasteiger partial charge in [0.2, 0.25) is 0 Å². The maximum absolute atomic E-state index is 5.41. The summed E-state index contributed by atoms with van der Waals surface area (Å²) >= 11 is 0. The summed E-state index contributed by atoms with van der Waals surface area (Å²) in [6, 6.07) is 3.80. The summed E-state index contributed by atoms with van der Waals surface area (Å²) < 4.78 is 1.75. The van der Waals surface area contributed by atoms with E-state index in [2.05, 4.69) is 10.1 Å². The fourth-order valence-electron chi connectivity index (χ4n) is 1.15. The van der Waals surface area contributed by atoms with Gasteiger partial charge in [0.1, 0.15) is 0 Å². The van der Waals surface area contributed by atoms with Gasteiger partial charge >= 0.3 is 0 Å². The van der Waals surface area contributed by atoms with Crippen molar-refractivity contribution < 1.29 is 0 Å². The highest BCUT2D eigenvalue weighted by Gasteiger charge is 1.99. The van der Waals surface area contributed by atoms with Gasteiger partial charge < -0.3 is 5.73 Å². The second-order valence-electron chi connectivity index (χ2n) is 2.60. The van der Waals surface area contributed by atoms with Crippen molar-refractivity contribution in [3.05, 3.63) is 30.2 Å². The number of nitrogens with two attached hydrogens (primary N) is 1. The lowest BCUT2D eigenvalue weighted by Gasteiger charge is -1.87. The molecule has 0 fully saturated rings. The van der Waals surface area contributed by atoms with Crippen LogP contribution < -0.4 is 5.73 Å². The summed E-state index contributed by atoms with van der Waals surface area (Å²) in [6.07, 6.45) is 4.44. The summed E-state index contributed by atoms with van der Waals surface area (Å²) in [5.74, 6) is 0. The Bertz CT molecular complexity index is 346. The molecule has 0 unspecified atom stereocenters. The normalized spacial score (nSPS) is 10.8. The fraction of sp³-hybridized carbons (Fsp3) is 0.250. The predicted octanol–water partition coefficient (Wildman–Crippen LogP) is 0.230. The smallest absolute Gasteiger partial charge is 0.155 e. The van der Waals surface area contributed by atoms with Crippen LogP contribution in [0.25, 0.3) is 5.65 Å². The predicted molar refractivity (Wildman–Crippen MR) is 45.7 cm³/mol. The molecule has 2 rings (SSSR count). The molecule has 0 saturated heterocycles. The molecule has 2 heterocycles. The Balaban J connectivity index is 2.47. The third kappa shape index (κ3) is 1.16. The van der Waals surface area contributed by atoms with Gasteiger partial charge in [-0.25, -0.2) is 9.50 Å². The Hall–Kier alpha value is -1.42. The highest BCUT2D eigenvalue weighted by Crippen LogP contribution is 2.02. The summed E-state index contributed by atoms with van der Waals surface area (Å²) in [4.78, 5) is 4.14. The lowest BCUT2D eigenvalue weighted by molar-refractivity contribution is 0.855. The van der Waals surface area contributed by atoms with Crippen LogP contribution in [0.15, 0.2) is 24.5 Å². The highest BCUT2D eigenvalue weighted by molar-refractivity contribution is 5.38. The number of nitrogens with zero attached hydrogens (tertiary/aromatic N) is 3. The van der Waals surface area contributed by atoms with Crippen molar-refractivity contribution in [3.63, 3.8) is 0 Å². The summed E-state index contributed by atoms with van der Waals surface area (Å²) in [5, 5.41) is 4.28. The molecule has 4 nitrogen and oxygen atoms in total. The molecule has 0 aliphatic rings. The van der Waals surface area contributed by atoms with E-state index in [9.17, 15) is 0 Å². The van der Waals surface area contributed by atoms with Gasteiger partial charge in [0.05, 0.1) is 5.69 Å². The van der Waals surface area contributed by atoms with E-state index in [1.807, 2.05) is 18.3 Å². The molecular formula is C8H10N4. The second-order valence-corrected chi connectivity index (χ2v) is 2.60. The van der Waals surface area contributed by atoms with Crippen molar-refractivity contribution in [1.29, 1.82) is 0 Å². The van der Waals surface area contributed by atoms with E-state index < -0.39 is 0 Å². The van der Waals surface area contributed by atoms with Gasteiger partial charge in [0.25, 0.3) is 0 Å². The van der Waals surface area contributed by atoms with E-state index in [4.69, 9.17) is 5.73 Å². The van der Waals surface area contributed by atoms with Crippen LogP contribution in [0.5, 0.6) is 0 Å². The molecule has 0 amide bonds. The summed E-state index contributed by atoms with van der Waals surface area (Å²) in [7, 11) is 0. The number of rotatable bonds is 2. The van der Waals surface area contributed by atoms with Gasteiger partial charge in [-0.05, 0) is 12.6 Å². The SMILES string of the molecule is NCCc1cc2ncccn2n1. The van der Waals surface area contributed by atoms with Crippen LogP contribution in [0.2, 0.25) is 0 Å². The Morgan fingerprint density at radius 2 is 2.42 bits per heavy atom. The van der Waals surface area contributed by atoms with E-state index >= 15 is 0 Å². The average Bonchev–Trinajstić information content (AvgIpc) is 2.47. The number of fused-ring (bicyclic) bond motifs is 1. The molecule has 0 aromatic carbocycles. The number of hydrogen-bond acceptors (Lipinski definition) is 3. The lowest BCUT2D eigenvalue weighted by Crippen LogP contribution is -2.03. The van der Waals surface area contributed by atoms with Gasteiger partial charge in [-0.2, -0.15) is 5.10 Å². The van der Waals surface area contributed by atoms with Crippen LogP contribution in [0.4, 0.5) is 0 Å². The lowest BCUT2D eigenvalue weighted by atomic mass is 10.3. The second kappa shape index (κ2) is 2.91. The van der Waals surface area contributed by atoms with Crippen molar-refractivity contribution in [2.24, 2.45) is 5.73 Å². The summed E-state index contributed by atoms with van der Waals surface area (Å²) in [6.45, 7) is 0.629. The Kier molecular flexibility index (Phi) is 1.75. The Labute approximate surface area is 70.0 Å². The zero-order valence-corrected chi connectivity index (χ0v) is 6.64. The van der Waals surface area contributed by atoms with Gasteiger partial charge in [0.15, 0.2) is 5.65 Å². The van der Waals surface area contributed by atoms with Crippen molar-refractivity contribution in [2.45, 2.75) is 6.42 Å². The maximum atomic E-state index is 5.41. The van der Waals surface area contributed by atoms with Gasteiger partial charge in [-0.3, -0.25) is 0 Å². The molecule has 2 N–H and O–H groups in total. The Morgan fingerprint density at radius 1 is 1.50 bits per heavy atom. The van der Waals surface area contributed by atoms with E-state index in [1.54, 1.807) is 10.7 Å². The summed E-state index contributed by atoms with van der Waals surface area (Å²) in [5.41, 5.74) is 7.29. The highest BCUT2D eigenvalue weighted by atomic mass is 15.2. The van der Waals surface area contributed by atoms with E-state index in [0.717, 1.165) is 17.8 Å². The van der Waals surface area contributed by atoms with Crippen molar-refractivity contribution >= 4 is 5.65 Å². The number of hydrogen-bond donors (Lipinski definition) is 1. The standard InChI is InChI=1S/C8H10N4/c9-3-2-7-6-8-10-4-1-5-12(8)11-7/h1,4-6H,2-3,9H2. The molecule has 0 radical (unpaired) electrons. The monoisotopic (exact) mass is 162 g/mol. The zero-order chi connectivity index (χ0) is 8.39. The maximum Gasteiger partial charge on any atom is 0.155 e. The molecule has 0 atom stereocenters. The molecule has 12 heavy (non-hydrogen) atoms. The molecule has 62 valence electrons. The van der Waals surface area contributed by atoms with Crippen LogP contribution >= 0.6 is 0 Å². The topological polar surface area (TPSA) is 56.2 Å². The first-order valence-electron chi connectivity index (χ1n) is 3.89. The van der Waals surface area contributed by atoms with Crippen LogP contribution in [0.3, 0.4) is 0 Å². The minimum absolute atomic E-state index is 0.629. The largest absolute Gasteiger partial charge is 0.330 e. The molecule has 0 aliphatic heterocycles. The average molecular weight is 162 g/mol. The molecule has 0 saturated carbocycles. The van der Waals surface area contributed by atoms with E-state index in [0.29, 0.717) is 6.54 Å². The first kappa shape index (κ1) is 7.24. The zero-order valence-electron chi connectivity index (χ0n) is 6.64. The van der Waals surface area contributed by atoms with Gasteiger partial charge in [-0.1, -0.05) is 0 Å². The quantitative estimate of drug-likeness (QED) is 0.687. The minimum Gasteiger partial charge on any atom is -0.330 e. The van der Waals surface area contributed by atoms with Crippen molar-refractivity contribution in [1.82, 2.24) is 14.6 Å². The van der Waals surface area contributed by atoms with Crippen LogP contribution in [-0.4, -0.2) is 21.1 Å². The molecular weight excluding hydrogens is 152 g/mol. The first-order chi connectivity index (χ1) is 5.90. The third-order valence-electron chi connectivity index (χ3n) is 1.69.